The molecule has 0 bridgehead atoms. The number of nitrogens with zero attached hydrogens (tertiary/aromatic N) is 1. The van der Waals surface area contributed by atoms with E-state index in [2.05, 4.69) is 0 Å². The molecule has 108 valence electrons. The van der Waals surface area contributed by atoms with Crippen molar-refractivity contribution in [3.63, 3.8) is 0 Å². The molecule has 1 aliphatic heterocycles. The summed E-state index contributed by atoms with van der Waals surface area (Å²) < 4.78 is 5.16. The van der Waals surface area contributed by atoms with Gasteiger partial charge >= 0.3 is 5.97 Å². The van der Waals surface area contributed by atoms with Gasteiger partial charge in [0.05, 0.1) is 18.4 Å². The van der Waals surface area contributed by atoms with E-state index < -0.39 is 11.9 Å². The third kappa shape index (κ3) is 3.26. The quantitative estimate of drug-likeness (QED) is 0.837. The number of methoxy groups -OCH3 is 1. The molecule has 1 saturated carbocycles. The average molecular weight is 269 g/mol. The molecule has 3 atom stereocenters. The Hall–Kier alpha value is -1.10. The van der Waals surface area contributed by atoms with Crippen LogP contribution in [0.2, 0.25) is 0 Å². The number of amides is 1. The zero-order valence-electron chi connectivity index (χ0n) is 11.5. The first-order valence-corrected chi connectivity index (χ1v) is 7.14. The molecular formula is C14H23NO4. The first kappa shape index (κ1) is 14.3. The molecule has 1 N–H and O–H groups in total. The van der Waals surface area contributed by atoms with Gasteiger partial charge in [0, 0.05) is 20.2 Å². The summed E-state index contributed by atoms with van der Waals surface area (Å²) >= 11 is 0. The number of ether oxygens (including phenoxy) is 1. The Kier molecular flexibility index (Phi) is 4.80. The van der Waals surface area contributed by atoms with E-state index in [-0.39, 0.29) is 11.8 Å². The Balaban J connectivity index is 1.96. The highest BCUT2D eigenvalue weighted by Crippen LogP contribution is 2.34. The van der Waals surface area contributed by atoms with Crippen molar-refractivity contribution < 1.29 is 19.4 Å². The van der Waals surface area contributed by atoms with Crippen LogP contribution >= 0.6 is 0 Å². The van der Waals surface area contributed by atoms with Crippen molar-refractivity contribution in [1.82, 2.24) is 4.90 Å². The van der Waals surface area contributed by atoms with Crippen LogP contribution in [0.15, 0.2) is 0 Å². The molecular weight excluding hydrogens is 246 g/mol. The zero-order chi connectivity index (χ0) is 13.8. The van der Waals surface area contributed by atoms with Crippen LogP contribution in [-0.4, -0.2) is 48.7 Å². The number of rotatable bonds is 4. The van der Waals surface area contributed by atoms with Gasteiger partial charge in [-0.3, -0.25) is 9.59 Å². The monoisotopic (exact) mass is 269 g/mol. The summed E-state index contributed by atoms with van der Waals surface area (Å²) in [5, 5.41) is 9.18. The molecule has 1 unspecified atom stereocenters. The second-order valence-corrected chi connectivity index (χ2v) is 5.73. The largest absolute Gasteiger partial charge is 0.481 e. The number of carboxylic acid groups (broad SMARTS) is 1. The maximum atomic E-state index is 12.5. The lowest BCUT2D eigenvalue weighted by Gasteiger charge is -2.34. The van der Waals surface area contributed by atoms with Gasteiger partial charge in [0.1, 0.15) is 0 Å². The number of piperidine rings is 1. The molecule has 19 heavy (non-hydrogen) atoms. The highest BCUT2D eigenvalue weighted by Gasteiger charge is 2.40. The molecule has 1 saturated heterocycles. The fourth-order valence-electron chi connectivity index (χ4n) is 3.42. The minimum absolute atomic E-state index is 0.0469. The van der Waals surface area contributed by atoms with Crippen molar-refractivity contribution in [3.05, 3.63) is 0 Å². The molecule has 0 aromatic rings. The number of carbonyl (C=O) groups excluding carboxylic acids is 1. The zero-order valence-corrected chi connectivity index (χ0v) is 11.5. The van der Waals surface area contributed by atoms with E-state index in [1.54, 1.807) is 7.11 Å². The van der Waals surface area contributed by atoms with Gasteiger partial charge < -0.3 is 14.7 Å². The molecule has 1 heterocycles. The van der Waals surface area contributed by atoms with Crippen LogP contribution in [0.1, 0.15) is 32.1 Å². The minimum atomic E-state index is -0.818. The number of carbonyl (C=O) groups is 2. The summed E-state index contributed by atoms with van der Waals surface area (Å²) in [7, 11) is 1.68. The predicted molar refractivity (Wildman–Crippen MR) is 69.6 cm³/mol. The Morgan fingerprint density at radius 1 is 1.21 bits per heavy atom. The Bertz CT molecular complexity index is 342. The molecule has 0 spiro atoms. The lowest BCUT2D eigenvalue weighted by Crippen LogP contribution is -2.45. The predicted octanol–water partition coefficient (Wildman–Crippen LogP) is 1.37. The van der Waals surface area contributed by atoms with Gasteiger partial charge in [0.25, 0.3) is 0 Å². The Morgan fingerprint density at radius 3 is 2.63 bits per heavy atom. The van der Waals surface area contributed by atoms with Crippen molar-refractivity contribution in [1.29, 1.82) is 0 Å². The molecule has 5 heteroatoms. The molecule has 1 amide bonds. The van der Waals surface area contributed by atoms with Crippen LogP contribution in [0, 0.1) is 17.8 Å². The van der Waals surface area contributed by atoms with Crippen LogP contribution in [0.3, 0.4) is 0 Å². The third-order valence-electron chi connectivity index (χ3n) is 4.38. The summed E-state index contributed by atoms with van der Waals surface area (Å²) in [6.07, 6.45) is 4.29. The molecule has 5 nitrogen and oxygen atoms in total. The molecule has 0 aromatic carbocycles. The van der Waals surface area contributed by atoms with Crippen LogP contribution in [0.25, 0.3) is 0 Å². The van der Waals surface area contributed by atoms with Gasteiger partial charge in [0.15, 0.2) is 0 Å². The lowest BCUT2D eigenvalue weighted by molar-refractivity contribution is -0.150. The van der Waals surface area contributed by atoms with E-state index >= 15 is 0 Å². The first-order chi connectivity index (χ1) is 9.13. The fraction of sp³-hybridized carbons (Fsp3) is 0.857. The van der Waals surface area contributed by atoms with E-state index in [1.807, 2.05) is 4.90 Å². The highest BCUT2D eigenvalue weighted by molar-refractivity contribution is 5.85. The molecule has 0 radical (unpaired) electrons. The van der Waals surface area contributed by atoms with Gasteiger partial charge in [-0.15, -0.1) is 0 Å². The van der Waals surface area contributed by atoms with E-state index in [0.717, 1.165) is 38.8 Å². The molecule has 2 fully saturated rings. The minimum Gasteiger partial charge on any atom is -0.481 e. The van der Waals surface area contributed by atoms with E-state index in [9.17, 15) is 14.7 Å². The van der Waals surface area contributed by atoms with E-state index in [1.165, 1.54) is 0 Å². The molecule has 2 rings (SSSR count). The van der Waals surface area contributed by atoms with Crippen molar-refractivity contribution >= 4 is 11.9 Å². The normalized spacial score (nSPS) is 31.4. The lowest BCUT2D eigenvalue weighted by atomic mass is 9.92. The smallest absolute Gasteiger partial charge is 0.307 e. The summed E-state index contributed by atoms with van der Waals surface area (Å²) in [5.74, 6) is -1.16. The molecule has 2 aliphatic rings. The number of carboxylic acids is 1. The van der Waals surface area contributed by atoms with Crippen LogP contribution < -0.4 is 0 Å². The maximum absolute atomic E-state index is 12.5. The first-order valence-electron chi connectivity index (χ1n) is 7.14. The van der Waals surface area contributed by atoms with E-state index in [0.29, 0.717) is 18.9 Å². The van der Waals surface area contributed by atoms with Gasteiger partial charge in [-0.2, -0.15) is 0 Å². The molecule has 0 aromatic heterocycles. The van der Waals surface area contributed by atoms with Crippen LogP contribution in [-0.2, 0) is 14.3 Å². The summed E-state index contributed by atoms with van der Waals surface area (Å²) in [6, 6.07) is 0. The third-order valence-corrected chi connectivity index (χ3v) is 4.38. The van der Waals surface area contributed by atoms with Gasteiger partial charge in [-0.05, 0) is 31.6 Å². The van der Waals surface area contributed by atoms with Crippen molar-refractivity contribution in [2.75, 3.05) is 26.8 Å². The number of aliphatic carboxylic acids is 1. The average Bonchev–Trinajstić information content (AvgIpc) is 2.88. The fourth-order valence-corrected chi connectivity index (χ4v) is 3.42. The summed E-state index contributed by atoms with van der Waals surface area (Å²) in [6.45, 7) is 2.16. The second kappa shape index (κ2) is 6.37. The Morgan fingerprint density at radius 2 is 1.95 bits per heavy atom. The molecule has 1 aliphatic carbocycles. The highest BCUT2D eigenvalue weighted by atomic mass is 16.5. The van der Waals surface area contributed by atoms with Crippen molar-refractivity contribution in [2.45, 2.75) is 32.1 Å². The Labute approximate surface area is 113 Å². The standard InChI is InChI=1S/C14H23NO4/c1-19-9-10-4-3-7-15(8-10)13(16)11-5-2-6-12(11)14(17)18/h10-12H,2-9H2,1H3,(H,17,18)/t10?,11-,12+/m1/s1. The number of likely N-dealkylation sites (tertiary alicyclic amines) is 1. The topological polar surface area (TPSA) is 66.8 Å². The van der Waals surface area contributed by atoms with Gasteiger partial charge in [0.2, 0.25) is 5.91 Å². The maximum Gasteiger partial charge on any atom is 0.307 e. The SMILES string of the molecule is COCC1CCCN(C(=O)[C@@H]2CCC[C@@H]2C(=O)O)C1. The van der Waals surface area contributed by atoms with Crippen LogP contribution in [0.5, 0.6) is 0 Å². The van der Waals surface area contributed by atoms with Crippen LogP contribution in [0.4, 0.5) is 0 Å². The number of hydrogen-bond donors (Lipinski definition) is 1. The van der Waals surface area contributed by atoms with Gasteiger partial charge in [-0.1, -0.05) is 6.42 Å². The number of hydrogen-bond acceptors (Lipinski definition) is 3. The van der Waals surface area contributed by atoms with Crippen molar-refractivity contribution in [2.24, 2.45) is 17.8 Å². The summed E-state index contributed by atoms with van der Waals surface area (Å²) in [4.78, 5) is 25.5. The second-order valence-electron chi connectivity index (χ2n) is 5.73. The van der Waals surface area contributed by atoms with Crippen molar-refractivity contribution in [3.8, 4) is 0 Å². The van der Waals surface area contributed by atoms with E-state index in [4.69, 9.17) is 4.74 Å². The van der Waals surface area contributed by atoms with Gasteiger partial charge in [-0.25, -0.2) is 0 Å². The summed E-state index contributed by atoms with van der Waals surface area (Å²) in [5.41, 5.74) is 0.